The van der Waals surface area contributed by atoms with Crippen LogP contribution in [0.4, 0.5) is 20.2 Å². The van der Waals surface area contributed by atoms with Crippen molar-refractivity contribution in [3.8, 4) is 0 Å². The van der Waals surface area contributed by atoms with E-state index in [1.54, 1.807) is 0 Å². The fraction of sp³-hybridized carbons (Fsp3) is 0.316. The van der Waals surface area contributed by atoms with E-state index in [2.05, 4.69) is 10.2 Å². The molecule has 1 fully saturated rings. The van der Waals surface area contributed by atoms with Crippen molar-refractivity contribution in [3.05, 3.63) is 59.1 Å². The number of nitrogens with zero attached hydrogens (tertiary/aromatic N) is 2. The van der Waals surface area contributed by atoms with Crippen LogP contribution in [-0.2, 0) is 4.79 Å². The van der Waals surface area contributed by atoms with Crippen LogP contribution in [0.2, 0.25) is 5.02 Å². The van der Waals surface area contributed by atoms with Gasteiger partial charge in [-0.2, -0.15) is 0 Å². The van der Waals surface area contributed by atoms with E-state index in [-0.39, 0.29) is 18.0 Å². The van der Waals surface area contributed by atoms with Crippen molar-refractivity contribution in [2.45, 2.75) is 6.42 Å². The van der Waals surface area contributed by atoms with E-state index in [9.17, 15) is 13.6 Å². The first kappa shape index (κ1) is 18.5. The third kappa shape index (κ3) is 4.64. The minimum atomic E-state index is -0.660. The molecule has 138 valence electrons. The highest BCUT2D eigenvalue weighted by molar-refractivity contribution is 6.30. The molecule has 0 aliphatic carbocycles. The number of halogens is 3. The third-order valence-corrected chi connectivity index (χ3v) is 4.63. The number of nitrogens with one attached hydrogen (secondary N) is 1. The highest BCUT2D eigenvalue weighted by Gasteiger charge is 2.21. The molecule has 0 radical (unpaired) electrons. The van der Waals surface area contributed by atoms with E-state index in [0.717, 1.165) is 24.8 Å². The van der Waals surface area contributed by atoms with Crippen LogP contribution >= 0.6 is 11.6 Å². The van der Waals surface area contributed by atoms with E-state index in [1.165, 1.54) is 12.1 Å². The third-order valence-electron chi connectivity index (χ3n) is 4.39. The van der Waals surface area contributed by atoms with Gasteiger partial charge in [0, 0.05) is 55.9 Å². The highest BCUT2D eigenvalue weighted by atomic mass is 35.5. The Morgan fingerprint density at radius 1 is 1.08 bits per heavy atom. The van der Waals surface area contributed by atoms with Gasteiger partial charge in [-0.15, -0.1) is 0 Å². The maximum atomic E-state index is 13.5. The predicted octanol–water partition coefficient (Wildman–Crippen LogP) is 3.77. The molecule has 1 heterocycles. The first-order valence-electron chi connectivity index (χ1n) is 8.50. The Bertz CT molecular complexity index is 779. The molecule has 2 aromatic carbocycles. The smallest absolute Gasteiger partial charge is 0.224 e. The SMILES string of the molecule is O=C(CCNc1ccc(F)cc1F)N1CCN(c2cccc(Cl)c2)CC1. The summed E-state index contributed by atoms with van der Waals surface area (Å²) in [4.78, 5) is 16.3. The second-order valence-corrected chi connectivity index (χ2v) is 6.59. The fourth-order valence-corrected chi connectivity index (χ4v) is 3.17. The number of carbonyl (C=O) groups is 1. The first-order chi connectivity index (χ1) is 12.5. The Labute approximate surface area is 156 Å². The Morgan fingerprint density at radius 2 is 1.85 bits per heavy atom. The van der Waals surface area contributed by atoms with E-state index in [4.69, 9.17) is 11.6 Å². The van der Waals surface area contributed by atoms with Crippen LogP contribution in [0.15, 0.2) is 42.5 Å². The molecule has 1 aliphatic rings. The number of hydrogen-bond donors (Lipinski definition) is 1. The van der Waals surface area contributed by atoms with Gasteiger partial charge < -0.3 is 15.1 Å². The van der Waals surface area contributed by atoms with Crippen LogP contribution in [0, 0.1) is 11.6 Å². The van der Waals surface area contributed by atoms with Crippen LogP contribution in [0.5, 0.6) is 0 Å². The van der Waals surface area contributed by atoms with Crippen LogP contribution < -0.4 is 10.2 Å². The summed E-state index contributed by atoms with van der Waals surface area (Å²) in [5, 5.41) is 3.53. The Morgan fingerprint density at radius 3 is 2.54 bits per heavy atom. The van der Waals surface area contributed by atoms with Crippen molar-refractivity contribution in [2.75, 3.05) is 42.9 Å². The van der Waals surface area contributed by atoms with Gasteiger partial charge in [-0.05, 0) is 30.3 Å². The first-order valence-corrected chi connectivity index (χ1v) is 8.88. The Balaban J connectivity index is 1.45. The molecule has 1 amide bonds. The topological polar surface area (TPSA) is 35.6 Å². The number of rotatable bonds is 5. The van der Waals surface area contributed by atoms with Crippen LogP contribution in [0.1, 0.15) is 6.42 Å². The second kappa shape index (κ2) is 8.36. The van der Waals surface area contributed by atoms with Crippen LogP contribution in [0.3, 0.4) is 0 Å². The minimum Gasteiger partial charge on any atom is -0.382 e. The van der Waals surface area contributed by atoms with Crippen molar-refractivity contribution in [2.24, 2.45) is 0 Å². The molecule has 0 atom stereocenters. The van der Waals surface area contributed by atoms with Crippen LogP contribution in [-0.4, -0.2) is 43.5 Å². The highest BCUT2D eigenvalue weighted by Crippen LogP contribution is 2.21. The summed E-state index contributed by atoms with van der Waals surface area (Å²) < 4.78 is 26.4. The summed E-state index contributed by atoms with van der Waals surface area (Å²) in [5.41, 5.74) is 1.25. The average molecular weight is 380 g/mol. The van der Waals surface area contributed by atoms with Gasteiger partial charge >= 0.3 is 0 Å². The van der Waals surface area contributed by atoms with Gasteiger partial charge in [0.2, 0.25) is 5.91 Å². The van der Waals surface area contributed by atoms with Crippen molar-refractivity contribution in [1.29, 1.82) is 0 Å². The van der Waals surface area contributed by atoms with Gasteiger partial charge in [0.25, 0.3) is 0 Å². The molecule has 1 saturated heterocycles. The Kier molecular flexibility index (Phi) is 5.93. The zero-order chi connectivity index (χ0) is 18.5. The molecular formula is C19H20ClF2N3O. The summed E-state index contributed by atoms with van der Waals surface area (Å²) in [6.07, 6.45) is 0.258. The maximum absolute atomic E-state index is 13.5. The molecule has 0 aromatic heterocycles. The monoisotopic (exact) mass is 379 g/mol. The van der Waals surface area contributed by atoms with Crippen molar-refractivity contribution < 1.29 is 13.6 Å². The van der Waals surface area contributed by atoms with Gasteiger partial charge in [0.15, 0.2) is 0 Å². The molecule has 1 aliphatic heterocycles. The van der Waals surface area contributed by atoms with E-state index >= 15 is 0 Å². The molecule has 4 nitrogen and oxygen atoms in total. The fourth-order valence-electron chi connectivity index (χ4n) is 2.98. The summed E-state index contributed by atoms with van der Waals surface area (Å²) in [7, 11) is 0. The largest absolute Gasteiger partial charge is 0.382 e. The molecule has 2 aromatic rings. The number of hydrogen-bond acceptors (Lipinski definition) is 3. The summed E-state index contributed by atoms with van der Waals surface area (Å²) in [5.74, 6) is -1.26. The Hall–Kier alpha value is -2.34. The van der Waals surface area contributed by atoms with E-state index in [1.807, 2.05) is 29.2 Å². The van der Waals surface area contributed by atoms with Gasteiger partial charge in [0.05, 0.1) is 5.69 Å². The minimum absolute atomic E-state index is 0.0192. The molecule has 26 heavy (non-hydrogen) atoms. The maximum Gasteiger partial charge on any atom is 0.224 e. The number of amides is 1. The molecule has 0 spiro atoms. The van der Waals surface area contributed by atoms with Crippen molar-refractivity contribution in [1.82, 2.24) is 4.90 Å². The zero-order valence-corrected chi connectivity index (χ0v) is 15.0. The van der Waals surface area contributed by atoms with Gasteiger partial charge in [-0.1, -0.05) is 17.7 Å². The summed E-state index contributed by atoms with van der Waals surface area (Å²) in [6, 6.07) is 11.0. The van der Waals surface area contributed by atoms with Gasteiger partial charge in [-0.3, -0.25) is 4.79 Å². The lowest BCUT2D eigenvalue weighted by molar-refractivity contribution is -0.131. The van der Waals surface area contributed by atoms with Crippen molar-refractivity contribution >= 4 is 28.9 Å². The van der Waals surface area contributed by atoms with E-state index < -0.39 is 11.6 Å². The molecular weight excluding hydrogens is 360 g/mol. The van der Waals surface area contributed by atoms with Crippen LogP contribution in [0.25, 0.3) is 0 Å². The lowest BCUT2D eigenvalue weighted by Gasteiger charge is -2.36. The standard InChI is InChI=1S/C19H20ClF2N3O/c20-14-2-1-3-16(12-14)24-8-10-25(11-9-24)19(26)6-7-23-18-5-4-15(21)13-17(18)22/h1-5,12-13,23H,6-11H2. The molecule has 3 rings (SSSR count). The average Bonchev–Trinajstić information content (AvgIpc) is 2.63. The number of anilines is 2. The lowest BCUT2D eigenvalue weighted by Crippen LogP contribution is -2.49. The summed E-state index contributed by atoms with van der Waals surface area (Å²) >= 11 is 6.03. The number of carbonyl (C=O) groups excluding carboxylic acids is 1. The normalized spacial score (nSPS) is 14.4. The summed E-state index contributed by atoms with van der Waals surface area (Å²) in [6.45, 7) is 3.06. The van der Waals surface area contributed by atoms with E-state index in [0.29, 0.717) is 24.7 Å². The van der Waals surface area contributed by atoms with Gasteiger partial charge in [-0.25, -0.2) is 8.78 Å². The quantitative estimate of drug-likeness (QED) is 0.859. The predicted molar refractivity (Wildman–Crippen MR) is 99.7 cm³/mol. The van der Waals surface area contributed by atoms with Crippen molar-refractivity contribution in [3.63, 3.8) is 0 Å². The molecule has 0 saturated carbocycles. The molecule has 1 N–H and O–H groups in total. The molecule has 0 bridgehead atoms. The number of piperazine rings is 1. The zero-order valence-electron chi connectivity index (χ0n) is 14.2. The number of benzene rings is 2. The molecule has 0 unspecified atom stereocenters. The van der Waals surface area contributed by atoms with Gasteiger partial charge in [0.1, 0.15) is 11.6 Å². The molecule has 7 heteroatoms. The second-order valence-electron chi connectivity index (χ2n) is 6.15. The lowest BCUT2D eigenvalue weighted by atomic mass is 10.2.